The predicted molar refractivity (Wildman–Crippen MR) is 74.7 cm³/mol. The molecule has 0 aliphatic rings. The maximum atomic E-state index is 6.28. The number of nitrogens with zero attached hydrogens (tertiary/aromatic N) is 4. The highest BCUT2D eigenvalue weighted by Gasteiger charge is 2.14. The maximum absolute atomic E-state index is 6.28. The molecule has 2 aromatic rings. The van der Waals surface area contributed by atoms with Crippen molar-refractivity contribution >= 4 is 0 Å². The first-order valence-corrected chi connectivity index (χ1v) is 6.68. The van der Waals surface area contributed by atoms with Crippen LogP contribution in [-0.2, 0) is 13.0 Å². The summed E-state index contributed by atoms with van der Waals surface area (Å²) in [6.45, 7) is 6.99. The van der Waals surface area contributed by atoms with Gasteiger partial charge in [-0.2, -0.15) is 5.10 Å². The lowest BCUT2D eigenvalue weighted by molar-refractivity contribution is 0.547. The van der Waals surface area contributed by atoms with E-state index in [9.17, 15) is 0 Å². The molecule has 2 rings (SSSR count). The lowest BCUT2D eigenvalue weighted by Crippen LogP contribution is -2.18. The Balaban J connectivity index is 2.16. The zero-order valence-corrected chi connectivity index (χ0v) is 11.8. The second kappa shape index (κ2) is 5.93. The number of aromatic nitrogens is 4. The minimum atomic E-state index is -0.0899. The van der Waals surface area contributed by atoms with Crippen LogP contribution in [0.25, 0.3) is 0 Å². The molecule has 0 amide bonds. The van der Waals surface area contributed by atoms with E-state index in [1.165, 1.54) is 0 Å². The molecule has 0 bridgehead atoms. The van der Waals surface area contributed by atoms with Gasteiger partial charge in [-0.3, -0.25) is 9.67 Å². The SMILES string of the molecule is CCCn1ncnc1CC(N)c1ccc(C)nc1C. The van der Waals surface area contributed by atoms with Gasteiger partial charge in [0.25, 0.3) is 0 Å². The highest BCUT2D eigenvalue weighted by atomic mass is 15.3. The minimum absolute atomic E-state index is 0.0899. The Morgan fingerprint density at radius 3 is 2.79 bits per heavy atom. The van der Waals surface area contributed by atoms with E-state index >= 15 is 0 Å². The fraction of sp³-hybridized carbons (Fsp3) is 0.500. The molecule has 19 heavy (non-hydrogen) atoms. The van der Waals surface area contributed by atoms with Crippen LogP contribution in [0.15, 0.2) is 18.5 Å². The van der Waals surface area contributed by atoms with E-state index in [-0.39, 0.29) is 6.04 Å². The number of rotatable bonds is 5. The van der Waals surface area contributed by atoms with Crippen molar-refractivity contribution in [2.24, 2.45) is 5.73 Å². The number of nitrogens with two attached hydrogens (primary N) is 1. The summed E-state index contributed by atoms with van der Waals surface area (Å²) in [6.07, 6.45) is 3.32. The van der Waals surface area contributed by atoms with Crippen LogP contribution in [-0.4, -0.2) is 19.7 Å². The molecule has 5 heteroatoms. The first-order valence-electron chi connectivity index (χ1n) is 6.68. The van der Waals surface area contributed by atoms with E-state index in [1.807, 2.05) is 24.6 Å². The molecule has 1 unspecified atom stereocenters. The van der Waals surface area contributed by atoms with Crippen LogP contribution in [0.1, 0.15) is 42.2 Å². The van der Waals surface area contributed by atoms with Gasteiger partial charge < -0.3 is 5.73 Å². The topological polar surface area (TPSA) is 69.6 Å². The third-order valence-corrected chi connectivity index (χ3v) is 3.20. The van der Waals surface area contributed by atoms with Crippen molar-refractivity contribution in [1.29, 1.82) is 0 Å². The van der Waals surface area contributed by atoms with E-state index in [1.54, 1.807) is 6.33 Å². The number of hydrogen-bond acceptors (Lipinski definition) is 4. The van der Waals surface area contributed by atoms with Crippen LogP contribution in [0, 0.1) is 13.8 Å². The quantitative estimate of drug-likeness (QED) is 0.891. The van der Waals surface area contributed by atoms with Crippen molar-refractivity contribution in [3.63, 3.8) is 0 Å². The van der Waals surface area contributed by atoms with Crippen LogP contribution in [0.3, 0.4) is 0 Å². The minimum Gasteiger partial charge on any atom is -0.324 e. The summed E-state index contributed by atoms with van der Waals surface area (Å²) in [7, 11) is 0. The second-order valence-corrected chi connectivity index (χ2v) is 4.84. The van der Waals surface area contributed by atoms with Crippen LogP contribution < -0.4 is 5.73 Å². The standard InChI is InChI=1S/C14H21N5/c1-4-7-19-14(16-9-17-19)8-13(15)12-6-5-10(2)18-11(12)3/h5-6,9,13H,4,7-8,15H2,1-3H3. The summed E-state index contributed by atoms with van der Waals surface area (Å²) < 4.78 is 1.93. The van der Waals surface area contributed by atoms with Gasteiger partial charge >= 0.3 is 0 Å². The summed E-state index contributed by atoms with van der Waals surface area (Å²) in [5, 5.41) is 4.22. The number of hydrogen-bond donors (Lipinski definition) is 1. The Labute approximate surface area is 113 Å². The van der Waals surface area contributed by atoms with Crippen LogP contribution >= 0.6 is 0 Å². The molecule has 2 heterocycles. The fourth-order valence-corrected chi connectivity index (χ4v) is 2.24. The van der Waals surface area contributed by atoms with E-state index in [2.05, 4.69) is 28.1 Å². The van der Waals surface area contributed by atoms with Crippen LogP contribution in [0.2, 0.25) is 0 Å². The molecule has 2 aromatic heterocycles. The Hall–Kier alpha value is -1.75. The number of aryl methyl sites for hydroxylation is 3. The van der Waals surface area contributed by atoms with Gasteiger partial charge in [-0.05, 0) is 31.9 Å². The largest absolute Gasteiger partial charge is 0.324 e. The van der Waals surface area contributed by atoms with Crippen molar-refractivity contribution in [3.8, 4) is 0 Å². The molecule has 0 saturated carbocycles. The van der Waals surface area contributed by atoms with Crippen molar-refractivity contribution in [3.05, 3.63) is 41.2 Å². The molecular weight excluding hydrogens is 238 g/mol. The average molecular weight is 259 g/mol. The molecule has 0 spiro atoms. The highest BCUT2D eigenvalue weighted by Crippen LogP contribution is 2.18. The molecule has 0 saturated heterocycles. The summed E-state index contributed by atoms with van der Waals surface area (Å²) in [4.78, 5) is 8.76. The normalized spacial score (nSPS) is 12.6. The van der Waals surface area contributed by atoms with Gasteiger partial charge in [0.2, 0.25) is 0 Å². The monoisotopic (exact) mass is 259 g/mol. The summed E-state index contributed by atoms with van der Waals surface area (Å²) in [5.41, 5.74) is 9.37. The highest BCUT2D eigenvalue weighted by molar-refractivity contribution is 5.25. The van der Waals surface area contributed by atoms with Gasteiger partial charge in [0.1, 0.15) is 12.2 Å². The molecule has 1 atom stereocenters. The first-order chi connectivity index (χ1) is 9.11. The molecular formula is C14H21N5. The summed E-state index contributed by atoms with van der Waals surface area (Å²) >= 11 is 0. The van der Waals surface area contributed by atoms with E-state index in [0.29, 0.717) is 6.42 Å². The van der Waals surface area contributed by atoms with Gasteiger partial charge in [0, 0.05) is 30.4 Å². The maximum Gasteiger partial charge on any atom is 0.138 e. The molecule has 102 valence electrons. The van der Waals surface area contributed by atoms with Gasteiger partial charge in [0.05, 0.1) is 0 Å². The third kappa shape index (κ3) is 3.17. The van der Waals surface area contributed by atoms with E-state index in [0.717, 1.165) is 35.7 Å². The molecule has 0 aromatic carbocycles. The second-order valence-electron chi connectivity index (χ2n) is 4.84. The average Bonchev–Trinajstić information content (AvgIpc) is 2.77. The number of pyridine rings is 1. The van der Waals surface area contributed by atoms with Gasteiger partial charge in [-0.25, -0.2) is 4.98 Å². The molecule has 0 radical (unpaired) electrons. The Kier molecular flexibility index (Phi) is 4.27. The molecule has 0 aliphatic carbocycles. The lowest BCUT2D eigenvalue weighted by Gasteiger charge is -2.14. The molecule has 2 N–H and O–H groups in total. The zero-order chi connectivity index (χ0) is 13.8. The van der Waals surface area contributed by atoms with Crippen molar-refractivity contribution in [2.75, 3.05) is 0 Å². The van der Waals surface area contributed by atoms with Gasteiger partial charge in [-0.1, -0.05) is 13.0 Å². The smallest absolute Gasteiger partial charge is 0.138 e. The Bertz CT molecular complexity index is 547. The summed E-state index contributed by atoms with van der Waals surface area (Å²) in [6, 6.07) is 3.97. The zero-order valence-electron chi connectivity index (χ0n) is 11.8. The molecule has 5 nitrogen and oxygen atoms in total. The summed E-state index contributed by atoms with van der Waals surface area (Å²) in [5.74, 6) is 0.939. The third-order valence-electron chi connectivity index (χ3n) is 3.20. The van der Waals surface area contributed by atoms with Gasteiger partial charge in [-0.15, -0.1) is 0 Å². The first kappa shape index (κ1) is 13.7. The Morgan fingerprint density at radius 2 is 2.11 bits per heavy atom. The lowest BCUT2D eigenvalue weighted by atomic mass is 10.0. The van der Waals surface area contributed by atoms with E-state index in [4.69, 9.17) is 5.73 Å². The van der Waals surface area contributed by atoms with Crippen LogP contribution in [0.5, 0.6) is 0 Å². The van der Waals surface area contributed by atoms with Gasteiger partial charge in [0.15, 0.2) is 0 Å². The van der Waals surface area contributed by atoms with Crippen molar-refractivity contribution in [2.45, 2.75) is 46.2 Å². The fourth-order valence-electron chi connectivity index (χ4n) is 2.24. The van der Waals surface area contributed by atoms with Crippen molar-refractivity contribution < 1.29 is 0 Å². The predicted octanol–water partition coefficient (Wildman–Crippen LogP) is 1.94. The Morgan fingerprint density at radius 1 is 1.32 bits per heavy atom. The molecule has 0 aliphatic heterocycles. The molecule has 0 fully saturated rings. The van der Waals surface area contributed by atoms with E-state index < -0.39 is 0 Å². The van der Waals surface area contributed by atoms with Crippen LogP contribution in [0.4, 0.5) is 0 Å². The van der Waals surface area contributed by atoms with Crippen molar-refractivity contribution in [1.82, 2.24) is 19.7 Å².